The lowest BCUT2D eigenvalue weighted by molar-refractivity contribution is -0.384. The van der Waals surface area contributed by atoms with Gasteiger partial charge in [0.1, 0.15) is 0 Å². The van der Waals surface area contributed by atoms with Crippen LogP contribution in [0.1, 0.15) is 0 Å². The first-order valence-electron chi connectivity index (χ1n) is 5.80. The molecule has 0 atom stereocenters. The van der Waals surface area contributed by atoms with E-state index < -0.39 is 0 Å². The van der Waals surface area contributed by atoms with Crippen LogP contribution in [0.2, 0.25) is 0 Å². The van der Waals surface area contributed by atoms with E-state index in [0.29, 0.717) is 0 Å². The molecule has 2 aromatic carbocycles. The van der Waals surface area contributed by atoms with Gasteiger partial charge in [-0.3, -0.25) is 10.1 Å². The smallest absolute Gasteiger partial charge is 0.271 e. The maximum atomic E-state index is 10.7. The molecule has 2 aromatic rings. The topological polar surface area (TPSA) is 46.4 Å². The van der Waals surface area contributed by atoms with E-state index in [1.165, 1.54) is 11.0 Å². The minimum atomic E-state index is -0.373. The fourth-order valence-corrected chi connectivity index (χ4v) is 2.45. The van der Waals surface area contributed by atoms with Crippen LogP contribution in [0.25, 0.3) is 0 Å². The monoisotopic (exact) mass is 274 g/mol. The van der Waals surface area contributed by atoms with Gasteiger partial charge >= 0.3 is 0 Å². The predicted molar refractivity (Wildman–Crippen MR) is 78.7 cm³/mol. The highest BCUT2D eigenvalue weighted by Crippen LogP contribution is 2.24. The zero-order valence-corrected chi connectivity index (χ0v) is 11.3. The van der Waals surface area contributed by atoms with Crippen molar-refractivity contribution in [2.45, 2.75) is 4.90 Å². The molecule has 0 saturated heterocycles. The zero-order valence-electron chi connectivity index (χ0n) is 10.5. The maximum absolute atomic E-state index is 10.7. The minimum absolute atomic E-state index is 0.120. The molecule has 0 spiro atoms. The average Bonchev–Trinajstić information content (AvgIpc) is 2.46. The van der Waals surface area contributed by atoms with Gasteiger partial charge in [0.2, 0.25) is 0 Å². The standard InChI is InChI=1S/C14H14N2O2S/c1-15(11-19-14-8-3-2-4-9-14)12-6-5-7-13(10-12)16(17)18/h2-10H,11H2,1H3. The lowest BCUT2D eigenvalue weighted by atomic mass is 10.3. The van der Waals surface area contributed by atoms with E-state index in [0.717, 1.165) is 11.6 Å². The molecule has 0 aliphatic carbocycles. The van der Waals surface area contributed by atoms with Crippen molar-refractivity contribution in [2.75, 3.05) is 17.8 Å². The summed E-state index contributed by atoms with van der Waals surface area (Å²) in [6.45, 7) is 0. The van der Waals surface area contributed by atoms with E-state index in [-0.39, 0.29) is 10.6 Å². The number of thioether (sulfide) groups is 1. The van der Waals surface area contributed by atoms with Crippen LogP contribution in [-0.2, 0) is 0 Å². The average molecular weight is 274 g/mol. The molecule has 0 aliphatic rings. The largest absolute Gasteiger partial charge is 0.365 e. The molecule has 0 heterocycles. The van der Waals surface area contributed by atoms with Gasteiger partial charge in [0.05, 0.1) is 10.8 Å². The van der Waals surface area contributed by atoms with Crippen molar-refractivity contribution in [3.05, 3.63) is 64.7 Å². The van der Waals surface area contributed by atoms with Crippen LogP contribution < -0.4 is 4.90 Å². The van der Waals surface area contributed by atoms with Gasteiger partial charge in [0.15, 0.2) is 0 Å². The Hall–Kier alpha value is -2.01. The van der Waals surface area contributed by atoms with Crippen LogP contribution in [-0.4, -0.2) is 17.8 Å². The van der Waals surface area contributed by atoms with Gasteiger partial charge < -0.3 is 4.90 Å². The van der Waals surface area contributed by atoms with Crippen LogP contribution in [0.15, 0.2) is 59.5 Å². The van der Waals surface area contributed by atoms with E-state index in [4.69, 9.17) is 0 Å². The number of anilines is 1. The molecule has 0 N–H and O–H groups in total. The normalized spacial score (nSPS) is 10.2. The van der Waals surface area contributed by atoms with E-state index in [1.54, 1.807) is 23.9 Å². The van der Waals surface area contributed by atoms with Gasteiger partial charge in [-0.25, -0.2) is 0 Å². The Labute approximate surface area is 116 Å². The number of nitro benzene ring substituents is 1. The van der Waals surface area contributed by atoms with Crippen molar-refractivity contribution >= 4 is 23.1 Å². The highest BCUT2D eigenvalue weighted by Gasteiger charge is 2.08. The minimum Gasteiger partial charge on any atom is -0.365 e. The van der Waals surface area contributed by atoms with Crippen molar-refractivity contribution in [1.82, 2.24) is 0 Å². The summed E-state index contributed by atoms with van der Waals surface area (Å²) in [4.78, 5) is 13.5. The maximum Gasteiger partial charge on any atom is 0.271 e. The van der Waals surface area contributed by atoms with Gasteiger partial charge in [-0.05, 0) is 18.2 Å². The van der Waals surface area contributed by atoms with Crippen molar-refractivity contribution in [2.24, 2.45) is 0 Å². The van der Waals surface area contributed by atoms with Gasteiger partial charge in [0, 0.05) is 29.8 Å². The van der Waals surface area contributed by atoms with Crippen LogP contribution in [0.4, 0.5) is 11.4 Å². The van der Waals surface area contributed by atoms with Crippen molar-refractivity contribution in [3.8, 4) is 0 Å². The van der Waals surface area contributed by atoms with E-state index in [2.05, 4.69) is 0 Å². The van der Waals surface area contributed by atoms with Crippen LogP contribution in [0.3, 0.4) is 0 Å². The first-order valence-corrected chi connectivity index (χ1v) is 6.79. The molecule has 5 heteroatoms. The molecule has 0 radical (unpaired) electrons. The SMILES string of the molecule is CN(CSc1ccccc1)c1cccc([N+](=O)[O-])c1. The Bertz CT molecular complexity index is 560. The second-order valence-electron chi connectivity index (χ2n) is 4.06. The molecule has 0 fully saturated rings. The van der Waals surface area contributed by atoms with Gasteiger partial charge in [-0.15, -0.1) is 11.8 Å². The number of non-ortho nitro benzene ring substituents is 1. The Morgan fingerprint density at radius 2 is 1.89 bits per heavy atom. The second-order valence-corrected chi connectivity index (χ2v) is 5.08. The number of rotatable bonds is 5. The Balaban J connectivity index is 2.02. The summed E-state index contributed by atoms with van der Waals surface area (Å²) in [7, 11) is 1.93. The molecule has 0 bridgehead atoms. The summed E-state index contributed by atoms with van der Waals surface area (Å²) in [6, 6.07) is 16.7. The van der Waals surface area contributed by atoms with Crippen molar-refractivity contribution in [1.29, 1.82) is 0 Å². The number of nitrogens with zero attached hydrogens (tertiary/aromatic N) is 2. The first kappa shape index (κ1) is 13.4. The molecule has 98 valence electrons. The molecule has 0 aromatic heterocycles. The highest BCUT2D eigenvalue weighted by molar-refractivity contribution is 7.99. The molecule has 0 saturated carbocycles. The van der Waals surface area contributed by atoms with Crippen molar-refractivity contribution in [3.63, 3.8) is 0 Å². The van der Waals surface area contributed by atoms with Gasteiger partial charge in [-0.1, -0.05) is 24.3 Å². The lowest BCUT2D eigenvalue weighted by Gasteiger charge is -2.18. The Kier molecular flexibility index (Phi) is 4.41. The summed E-state index contributed by atoms with van der Waals surface area (Å²) in [5.41, 5.74) is 0.965. The highest BCUT2D eigenvalue weighted by atomic mass is 32.2. The first-order chi connectivity index (χ1) is 9.16. The molecule has 0 unspecified atom stereocenters. The zero-order chi connectivity index (χ0) is 13.7. The van der Waals surface area contributed by atoms with Gasteiger partial charge in [0.25, 0.3) is 5.69 Å². The molecular formula is C14H14N2O2S. The van der Waals surface area contributed by atoms with Gasteiger partial charge in [-0.2, -0.15) is 0 Å². The fourth-order valence-electron chi connectivity index (χ4n) is 1.61. The number of hydrogen-bond acceptors (Lipinski definition) is 4. The summed E-state index contributed by atoms with van der Waals surface area (Å²) in [6.07, 6.45) is 0. The third kappa shape index (κ3) is 3.72. The molecule has 4 nitrogen and oxygen atoms in total. The third-order valence-electron chi connectivity index (χ3n) is 2.65. The van der Waals surface area contributed by atoms with E-state index >= 15 is 0 Å². The summed E-state index contributed by atoms with van der Waals surface area (Å²) in [5.74, 6) is 0.741. The van der Waals surface area contributed by atoms with E-state index in [1.807, 2.05) is 48.3 Å². The number of hydrogen-bond donors (Lipinski definition) is 0. The number of nitro groups is 1. The van der Waals surface area contributed by atoms with Crippen LogP contribution >= 0.6 is 11.8 Å². The van der Waals surface area contributed by atoms with E-state index in [9.17, 15) is 10.1 Å². The second kappa shape index (κ2) is 6.24. The van der Waals surface area contributed by atoms with Crippen molar-refractivity contribution < 1.29 is 4.92 Å². The third-order valence-corrected chi connectivity index (χ3v) is 3.77. The molecule has 0 aliphatic heterocycles. The molecule has 19 heavy (non-hydrogen) atoms. The van der Waals surface area contributed by atoms with Crippen LogP contribution in [0.5, 0.6) is 0 Å². The van der Waals surface area contributed by atoms with Crippen LogP contribution in [0, 0.1) is 10.1 Å². The molecular weight excluding hydrogens is 260 g/mol. The Morgan fingerprint density at radius 1 is 1.16 bits per heavy atom. The lowest BCUT2D eigenvalue weighted by Crippen LogP contribution is -2.15. The summed E-state index contributed by atoms with van der Waals surface area (Å²) < 4.78 is 0. The predicted octanol–water partition coefficient (Wildman–Crippen LogP) is 3.78. The quantitative estimate of drug-likeness (QED) is 0.360. The summed E-state index contributed by atoms with van der Waals surface area (Å²) >= 11 is 1.69. The Morgan fingerprint density at radius 3 is 2.58 bits per heavy atom. The molecule has 0 amide bonds. The fraction of sp³-hybridized carbons (Fsp3) is 0.143. The molecule has 2 rings (SSSR count). The number of benzene rings is 2. The summed E-state index contributed by atoms with van der Waals surface area (Å²) in [5, 5.41) is 10.7.